The smallest absolute Gasteiger partial charge is 0.126 e. The summed E-state index contributed by atoms with van der Waals surface area (Å²) in [5.41, 5.74) is 0. The Morgan fingerprint density at radius 1 is 1.27 bits per heavy atom. The van der Waals surface area contributed by atoms with E-state index >= 15 is 0 Å². The highest BCUT2D eigenvalue weighted by Crippen LogP contribution is 2.13. The van der Waals surface area contributed by atoms with Gasteiger partial charge < -0.3 is 4.74 Å². The summed E-state index contributed by atoms with van der Waals surface area (Å²) in [4.78, 5) is 0. The summed E-state index contributed by atoms with van der Waals surface area (Å²) in [5.74, 6) is 0.878. The second-order valence-electron chi connectivity index (χ2n) is 2.04. The molecule has 0 fully saturated rings. The summed E-state index contributed by atoms with van der Waals surface area (Å²) < 4.78 is 6.44. The van der Waals surface area contributed by atoms with Crippen LogP contribution in [0, 0.1) is 3.57 Å². The fraction of sp³-hybridized carbons (Fsp3) is 0.111. The van der Waals surface area contributed by atoms with Crippen molar-refractivity contribution in [2.45, 2.75) is 6.92 Å². The Bertz CT molecular complexity index is 238. The lowest BCUT2D eigenvalue weighted by Gasteiger charge is -1.97. The first kappa shape index (κ1) is 8.59. The van der Waals surface area contributed by atoms with Crippen LogP contribution in [0.2, 0.25) is 0 Å². The van der Waals surface area contributed by atoms with E-state index in [4.69, 9.17) is 4.74 Å². The molecular weight excluding hydrogens is 251 g/mol. The molecule has 0 bridgehead atoms. The highest BCUT2D eigenvalue weighted by atomic mass is 127. The van der Waals surface area contributed by atoms with Crippen LogP contribution in [-0.4, -0.2) is 0 Å². The molecule has 1 aromatic carbocycles. The van der Waals surface area contributed by atoms with Crippen LogP contribution < -0.4 is 4.74 Å². The van der Waals surface area contributed by atoms with Crippen LogP contribution in [0.4, 0.5) is 0 Å². The van der Waals surface area contributed by atoms with Gasteiger partial charge in [0.15, 0.2) is 0 Å². The second kappa shape index (κ2) is 4.38. The van der Waals surface area contributed by atoms with Gasteiger partial charge in [0.05, 0.1) is 6.26 Å². The molecule has 11 heavy (non-hydrogen) atoms. The van der Waals surface area contributed by atoms with E-state index in [0.717, 1.165) is 5.75 Å². The van der Waals surface area contributed by atoms with Gasteiger partial charge in [-0.05, 0) is 53.8 Å². The average molecular weight is 260 g/mol. The quantitative estimate of drug-likeness (QED) is 0.586. The highest BCUT2D eigenvalue weighted by molar-refractivity contribution is 14.1. The Balaban J connectivity index is 2.66. The minimum absolute atomic E-state index is 0.878. The van der Waals surface area contributed by atoms with E-state index in [2.05, 4.69) is 22.6 Å². The minimum Gasteiger partial charge on any atom is -0.465 e. The van der Waals surface area contributed by atoms with Gasteiger partial charge in [-0.25, -0.2) is 0 Å². The molecule has 0 aromatic heterocycles. The normalized spacial score (nSPS) is 10.4. The third-order valence-corrected chi connectivity index (χ3v) is 1.87. The molecule has 0 aliphatic heterocycles. The molecule has 2 heteroatoms. The monoisotopic (exact) mass is 260 g/mol. The lowest BCUT2D eigenvalue weighted by atomic mass is 10.3. The molecule has 1 rings (SSSR count). The van der Waals surface area contributed by atoms with Crippen LogP contribution in [0.3, 0.4) is 0 Å². The van der Waals surface area contributed by atoms with Crippen LogP contribution in [0.5, 0.6) is 5.75 Å². The Morgan fingerprint density at radius 2 is 1.91 bits per heavy atom. The highest BCUT2D eigenvalue weighted by Gasteiger charge is 1.88. The van der Waals surface area contributed by atoms with Gasteiger partial charge >= 0.3 is 0 Å². The Kier molecular flexibility index (Phi) is 3.42. The predicted molar refractivity (Wildman–Crippen MR) is 54.6 cm³/mol. The van der Waals surface area contributed by atoms with Gasteiger partial charge in [-0.1, -0.05) is 6.08 Å². The molecule has 0 amide bonds. The number of allylic oxidation sites excluding steroid dienone is 1. The van der Waals surface area contributed by atoms with Crippen molar-refractivity contribution in [1.82, 2.24) is 0 Å². The second-order valence-corrected chi connectivity index (χ2v) is 3.29. The van der Waals surface area contributed by atoms with Crippen molar-refractivity contribution in [1.29, 1.82) is 0 Å². The molecule has 0 unspecified atom stereocenters. The summed E-state index contributed by atoms with van der Waals surface area (Å²) in [6, 6.07) is 7.92. The summed E-state index contributed by atoms with van der Waals surface area (Å²) in [5, 5.41) is 0. The molecule has 0 spiro atoms. The predicted octanol–water partition coefficient (Wildman–Crippen LogP) is 3.20. The Labute approximate surface area is 80.2 Å². The van der Waals surface area contributed by atoms with Crippen molar-refractivity contribution in [3.8, 4) is 5.75 Å². The molecule has 0 saturated heterocycles. The van der Waals surface area contributed by atoms with Crippen molar-refractivity contribution in [3.63, 3.8) is 0 Å². The summed E-state index contributed by atoms with van der Waals surface area (Å²) >= 11 is 2.26. The van der Waals surface area contributed by atoms with E-state index < -0.39 is 0 Å². The van der Waals surface area contributed by atoms with Gasteiger partial charge in [0.1, 0.15) is 5.75 Å². The zero-order valence-corrected chi connectivity index (χ0v) is 8.41. The number of halogens is 1. The summed E-state index contributed by atoms with van der Waals surface area (Å²) in [6.07, 6.45) is 3.53. The van der Waals surface area contributed by atoms with Crippen molar-refractivity contribution in [2.24, 2.45) is 0 Å². The van der Waals surface area contributed by atoms with Crippen molar-refractivity contribution in [3.05, 3.63) is 40.2 Å². The van der Waals surface area contributed by atoms with Gasteiger partial charge in [-0.3, -0.25) is 0 Å². The standard InChI is InChI=1S/C9H9IO/c1-2-7-11-9-5-3-8(10)4-6-9/h2-7H,1H3/b7-2-. The third kappa shape index (κ3) is 2.93. The molecule has 1 nitrogen and oxygen atoms in total. The fourth-order valence-corrected chi connectivity index (χ4v) is 1.02. The number of ether oxygens (including phenoxy) is 1. The molecule has 0 aliphatic rings. The zero-order valence-electron chi connectivity index (χ0n) is 6.25. The Hall–Kier alpha value is -0.510. The molecule has 1 aromatic rings. The van der Waals surface area contributed by atoms with Gasteiger partial charge in [0.2, 0.25) is 0 Å². The topological polar surface area (TPSA) is 9.23 Å². The summed E-state index contributed by atoms with van der Waals surface area (Å²) in [6.45, 7) is 1.92. The van der Waals surface area contributed by atoms with Crippen LogP contribution in [0.15, 0.2) is 36.6 Å². The van der Waals surface area contributed by atoms with Crippen LogP contribution >= 0.6 is 22.6 Å². The third-order valence-electron chi connectivity index (χ3n) is 1.15. The molecule has 0 heterocycles. The van der Waals surface area contributed by atoms with Crippen molar-refractivity contribution >= 4 is 22.6 Å². The molecule has 0 aliphatic carbocycles. The molecule has 0 radical (unpaired) electrons. The maximum absolute atomic E-state index is 5.23. The maximum atomic E-state index is 5.23. The van der Waals surface area contributed by atoms with Crippen molar-refractivity contribution < 1.29 is 4.74 Å². The van der Waals surface area contributed by atoms with Crippen molar-refractivity contribution in [2.75, 3.05) is 0 Å². The fourth-order valence-electron chi connectivity index (χ4n) is 0.660. The van der Waals surface area contributed by atoms with Crippen LogP contribution in [-0.2, 0) is 0 Å². The largest absolute Gasteiger partial charge is 0.465 e. The van der Waals surface area contributed by atoms with E-state index in [1.807, 2.05) is 37.3 Å². The van der Waals surface area contributed by atoms with Gasteiger partial charge in [0.25, 0.3) is 0 Å². The first-order valence-electron chi connectivity index (χ1n) is 3.36. The van der Waals surface area contributed by atoms with E-state index in [1.54, 1.807) is 6.26 Å². The number of hydrogen-bond donors (Lipinski definition) is 0. The Morgan fingerprint density at radius 3 is 2.45 bits per heavy atom. The first-order chi connectivity index (χ1) is 5.33. The molecule has 58 valence electrons. The van der Waals surface area contributed by atoms with Crippen LogP contribution in [0.25, 0.3) is 0 Å². The van der Waals surface area contributed by atoms with E-state index in [9.17, 15) is 0 Å². The maximum Gasteiger partial charge on any atom is 0.126 e. The van der Waals surface area contributed by atoms with Gasteiger partial charge in [-0.2, -0.15) is 0 Å². The number of benzene rings is 1. The minimum atomic E-state index is 0.878. The first-order valence-corrected chi connectivity index (χ1v) is 4.44. The molecule has 0 saturated carbocycles. The van der Waals surface area contributed by atoms with E-state index in [1.165, 1.54) is 3.57 Å². The lowest BCUT2D eigenvalue weighted by molar-refractivity contribution is 0.480. The zero-order chi connectivity index (χ0) is 8.10. The van der Waals surface area contributed by atoms with E-state index in [0.29, 0.717) is 0 Å². The average Bonchev–Trinajstić information content (AvgIpc) is 2.04. The summed E-state index contributed by atoms with van der Waals surface area (Å²) in [7, 11) is 0. The number of rotatable bonds is 2. The SMILES string of the molecule is C/C=C\Oc1ccc(I)cc1. The number of hydrogen-bond acceptors (Lipinski definition) is 1. The van der Waals surface area contributed by atoms with Gasteiger partial charge in [-0.15, -0.1) is 0 Å². The molecular formula is C9H9IO. The van der Waals surface area contributed by atoms with E-state index in [-0.39, 0.29) is 0 Å². The lowest BCUT2D eigenvalue weighted by Crippen LogP contribution is -1.80. The molecule has 0 N–H and O–H groups in total. The molecule has 0 atom stereocenters. The van der Waals surface area contributed by atoms with Crippen LogP contribution in [0.1, 0.15) is 6.92 Å². The van der Waals surface area contributed by atoms with Gasteiger partial charge in [0, 0.05) is 3.57 Å².